The van der Waals surface area contributed by atoms with Gasteiger partial charge in [-0.25, -0.2) is 0 Å². The summed E-state index contributed by atoms with van der Waals surface area (Å²) in [6.07, 6.45) is -0.824. The number of ether oxygens (including phenoxy) is 4. The van der Waals surface area contributed by atoms with Gasteiger partial charge in [0.1, 0.15) is 29.9 Å². The number of benzene rings is 6. The second-order valence-electron chi connectivity index (χ2n) is 18.8. The Morgan fingerprint density at radius 2 is 1.49 bits per heavy atom. The Bertz CT molecular complexity index is 2990. The highest BCUT2D eigenvalue weighted by molar-refractivity contribution is 6.12. The standard InChI is InChI=1S/C58H55N5O8/c1-60(36-40-14-5-2-6-15-40)27-13-16-39-23-25-46-45(34-39)58(57(67)59-46)50(55(65)62-30-28-61(29-31-62)37-41-24-26-48-49(35-41)70-38-69-48)52-56(66)71-53(43-19-9-4-10-20-43)51(42-17-7-3-8-18-42)63(52)54(58)44-21-11-12-22-47(44)68-33-32-64/h2-12,14-15,17-26,34-35,50-54,64H,27-33,36-38H2,1H3,(H,59,67). The zero-order chi connectivity index (χ0) is 48.5. The lowest BCUT2D eigenvalue weighted by molar-refractivity contribution is -0.179. The summed E-state index contributed by atoms with van der Waals surface area (Å²) >= 11 is 0. The number of rotatable bonds is 12. The lowest BCUT2D eigenvalue weighted by Gasteiger charge is -2.46. The van der Waals surface area contributed by atoms with E-state index in [1.54, 1.807) is 0 Å². The first-order valence-corrected chi connectivity index (χ1v) is 24.3. The SMILES string of the molecule is CN(CC#Cc1ccc2c(c1)C1(C(=O)N2)C(C(=O)N2CCN(Cc3ccc4c(c3)OCO4)CC2)C2C(=O)OC(c3ccccc3)C(c3ccccc3)N2C1c1ccccc1OCCO)Cc1ccccc1. The first-order chi connectivity index (χ1) is 34.8. The highest BCUT2D eigenvalue weighted by Crippen LogP contribution is 2.66. The molecule has 360 valence electrons. The molecular formula is C58H55N5O8. The molecule has 2 N–H and O–H groups in total. The molecule has 2 amide bonds. The van der Waals surface area contributed by atoms with Crippen molar-refractivity contribution < 1.29 is 38.4 Å². The van der Waals surface area contributed by atoms with Crippen molar-refractivity contribution in [2.24, 2.45) is 5.92 Å². The quantitative estimate of drug-likeness (QED) is 0.0983. The van der Waals surface area contributed by atoms with Crippen molar-refractivity contribution in [2.45, 2.75) is 42.7 Å². The Morgan fingerprint density at radius 1 is 0.789 bits per heavy atom. The Labute approximate surface area is 413 Å². The molecule has 3 saturated heterocycles. The average Bonchev–Trinajstić information content (AvgIpc) is 4.09. The van der Waals surface area contributed by atoms with E-state index in [1.807, 2.05) is 151 Å². The van der Waals surface area contributed by atoms with Gasteiger partial charge >= 0.3 is 5.97 Å². The lowest BCUT2D eigenvalue weighted by atomic mass is 9.64. The number of aliphatic hydroxyl groups excluding tert-OH is 1. The van der Waals surface area contributed by atoms with E-state index in [9.17, 15) is 5.11 Å². The number of aliphatic hydroxyl groups is 1. The van der Waals surface area contributed by atoms with Crippen LogP contribution in [0.1, 0.15) is 57.1 Å². The van der Waals surface area contributed by atoms with Gasteiger partial charge in [0.15, 0.2) is 11.5 Å². The summed E-state index contributed by atoms with van der Waals surface area (Å²) in [7, 11) is 2.02. The van der Waals surface area contributed by atoms with Crippen LogP contribution in [-0.4, -0.2) is 108 Å². The third-order valence-corrected chi connectivity index (χ3v) is 14.5. The molecule has 0 bridgehead atoms. The Balaban J connectivity index is 1.05. The summed E-state index contributed by atoms with van der Waals surface area (Å²) in [5, 5.41) is 13.3. The maximum atomic E-state index is 16.2. The summed E-state index contributed by atoms with van der Waals surface area (Å²) in [6, 6.07) is 45.9. The van der Waals surface area contributed by atoms with E-state index >= 15 is 14.4 Å². The number of cyclic esters (lactones) is 1. The van der Waals surface area contributed by atoms with Gasteiger partial charge in [0.2, 0.25) is 18.6 Å². The zero-order valence-corrected chi connectivity index (χ0v) is 39.5. The van der Waals surface area contributed by atoms with E-state index in [4.69, 9.17) is 18.9 Å². The number of anilines is 1. The lowest BCUT2D eigenvalue weighted by Crippen LogP contribution is -2.58. The number of hydrogen-bond donors (Lipinski definition) is 2. The predicted octanol–water partition coefficient (Wildman–Crippen LogP) is 6.89. The van der Waals surface area contributed by atoms with Crippen molar-refractivity contribution in [1.29, 1.82) is 0 Å². The molecule has 5 aliphatic heterocycles. The molecule has 6 unspecified atom stereocenters. The van der Waals surface area contributed by atoms with E-state index in [0.717, 1.165) is 29.0 Å². The van der Waals surface area contributed by atoms with Gasteiger partial charge in [-0.3, -0.25) is 29.1 Å². The monoisotopic (exact) mass is 949 g/mol. The fraction of sp³-hybridized carbons (Fsp3) is 0.293. The molecule has 3 fully saturated rings. The van der Waals surface area contributed by atoms with Gasteiger partial charge in [0, 0.05) is 56.1 Å². The Hall–Kier alpha value is -7.47. The molecular weight excluding hydrogens is 895 g/mol. The molecule has 0 radical (unpaired) electrons. The van der Waals surface area contributed by atoms with Crippen LogP contribution < -0.4 is 19.5 Å². The normalized spacial score (nSPS) is 23.4. The molecule has 5 aliphatic rings. The van der Waals surface area contributed by atoms with Crippen molar-refractivity contribution in [3.8, 4) is 29.1 Å². The zero-order valence-electron chi connectivity index (χ0n) is 39.5. The van der Waals surface area contributed by atoms with Crippen LogP contribution in [0.25, 0.3) is 0 Å². The maximum absolute atomic E-state index is 16.2. The van der Waals surface area contributed by atoms with E-state index in [0.29, 0.717) is 73.1 Å². The molecule has 6 aromatic carbocycles. The molecule has 11 rings (SSSR count). The van der Waals surface area contributed by atoms with Crippen LogP contribution in [0, 0.1) is 17.8 Å². The van der Waals surface area contributed by atoms with E-state index in [-0.39, 0.29) is 25.9 Å². The third-order valence-electron chi connectivity index (χ3n) is 14.5. The minimum absolute atomic E-state index is 0.0168. The van der Waals surface area contributed by atoms with E-state index in [1.165, 1.54) is 5.56 Å². The van der Waals surface area contributed by atoms with Crippen LogP contribution in [-0.2, 0) is 37.6 Å². The number of para-hydroxylation sites is 1. The van der Waals surface area contributed by atoms with Crippen LogP contribution in [0.5, 0.6) is 17.2 Å². The summed E-state index contributed by atoms with van der Waals surface area (Å²) in [5.41, 5.74) is 4.49. The largest absolute Gasteiger partial charge is 0.491 e. The molecule has 6 aromatic rings. The molecule has 0 aliphatic carbocycles. The second kappa shape index (κ2) is 19.7. The number of carbonyl (C=O) groups is 3. The fourth-order valence-corrected chi connectivity index (χ4v) is 11.5. The van der Waals surface area contributed by atoms with Crippen LogP contribution in [0.15, 0.2) is 152 Å². The van der Waals surface area contributed by atoms with Gasteiger partial charge in [0.25, 0.3) is 0 Å². The van der Waals surface area contributed by atoms with Gasteiger partial charge in [-0.2, -0.15) is 0 Å². The number of nitrogens with one attached hydrogen (secondary N) is 1. The third kappa shape index (κ3) is 8.57. The van der Waals surface area contributed by atoms with Gasteiger partial charge in [0.05, 0.1) is 31.2 Å². The van der Waals surface area contributed by atoms with Crippen molar-refractivity contribution in [2.75, 3.05) is 65.1 Å². The van der Waals surface area contributed by atoms with Gasteiger partial charge in [-0.1, -0.05) is 127 Å². The number of carbonyl (C=O) groups excluding carboxylic acids is 3. The summed E-state index contributed by atoms with van der Waals surface area (Å²) < 4.78 is 24.2. The topological polar surface area (TPSA) is 133 Å². The maximum Gasteiger partial charge on any atom is 0.324 e. The predicted molar refractivity (Wildman–Crippen MR) is 266 cm³/mol. The smallest absolute Gasteiger partial charge is 0.324 e. The molecule has 71 heavy (non-hydrogen) atoms. The van der Waals surface area contributed by atoms with Crippen molar-refractivity contribution in [1.82, 2.24) is 19.6 Å². The van der Waals surface area contributed by atoms with E-state index < -0.39 is 47.4 Å². The number of esters is 1. The molecule has 13 heteroatoms. The van der Waals surface area contributed by atoms with Gasteiger partial charge in [-0.15, -0.1) is 0 Å². The summed E-state index contributed by atoms with van der Waals surface area (Å²) in [5.74, 6) is 6.01. The number of amides is 2. The highest BCUT2D eigenvalue weighted by Gasteiger charge is 2.74. The Kier molecular flexibility index (Phi) is 12.8. The molecule has 6 atom stereocenters. The first kappa shape index (κ1) is 45.9. The summed E-state index contributed by atoms with van der Waals surface area (Å²) in [4.78, 5) is 55.9. The first-order valence-electron chi connectivity index (χ1n) is 24.3. The molecule has 5 heterocycles. The average molecular weight is 950 g/mol. The number of piperazine rings is 1. The summed E-state index contributed by atoms with van der Waals surface area (Å²) in [6.45, 7) is 3.62. The molecule has 13 nitrogen and oxygen atoms in total. The van der Waals surface area contributed by atoms with Crippen molar-refractivity contribution in [3.63, 3.8) is 0 Å². The highest BCUT2D eigenvalue weighted by atomic mass is 16.7. The number of nitrogens with zero attached hydrogens (tertiary/aromatic N) is 4. The van der Waals surface area contributed by atoms with Crippen LogP contribution >= 0.6 is 0 Å². The van der Waals surface area contributed by atoms with Crippen LogP contribution in [0.2, 0.25) is 0 Å². The molecule has 1 spiro atoms. The fourth-order valence-electron chi connectivity index (χ4n) is 11.5. The van der Waals surface area contributed by atoms with Crippen LogP contribution in [0.4, 0.5) is 5.69 Å². The minimum atomic E-state index is -1.72. The van der Waals surface area contributed by atoms with Gasteiger partial charge < -0.3 is 34.3 Å². The Morgan fingerprint density at radius 3 is 2.25 bits per heavy atom. The van der Waals surface area contributed by atoms with Gasteiger partial charge in [-0.05, 0) is 71.3 Å². The van der Waals surface area contributed by atoms with E-state index in [2.05, 4.69) is 44.0 Å². The van der Waals surface area contributed by atoms with Crippen LogP contribution in [0.3, 0.4) is 0 Å². The van der Waals surface area contributed by atoms with Crippen molar-refractivity contribution >= 4 is 23.5 Å². The number of morpholine rings is 1. The second-order valence-corrected chi connectivity index (χ2v) is 18.8. The molecule has 0 saturated carbocycles. The number of fused-ring (bicyclic) bond motifs is 4. The molecule has 0 aromatic heterocycles. The van der Waals surface area contributed by atoms with Crippen molar-refractivity contribution in [3.05, 3.63) is 191 Å². The number of hydrogen-bond acceptors (Lipinski definition) is 11. The minimum Gasteiger partial charge on any atom is -0.491 e.